The Balaban J connectivity index is 1.33. The number of rotatable bonds is 10. The summed E-state index contributed by atoms with van der Waals surface area (Å²) < 4.78 is 5.83. The summed E-state index contributed by atoms with van der Waals surface area (Å²) in [6, 6.07) is -0.207. The molecule has 11 heteroatoms. The minimum atomic E-state index is -0.684. The number of hydroxylamine groups is 2. The molecule has 6 rings (SSSR count). The summed E-state index contributed by atoms with van der Waals surface area (Å²) in [4.78, 5) is 49.9. The molecule has 0 aromatic carbocycles. The van der Waals surface area contributed by atoms with E-state index in [1.807, 2.05) is 12.0 Å². The molecule has 0 radical (unpaired) electrons. The van der Waals surface area contributed by atoms with Gasteiger partial charge < -0.3 is 30.3 Å². The number of ether oxygens (including phenoxy) is 1. The first kappa shape index (κ1) is 37.3. The molecule has 2 bridgehead atoms. The highest BCUT2D eigenvalue weighted by molar-refractivity contribution is 5.83. The molecule has 3 N–H and O–H groups in total. The van der Waals surface area contributed by atoms with E-state index in [-0.39, 0.29) is 30.4 Å². The molecule has 11 nitrogen and oxygen atoms in total. The van der Waals surface area contributed by atoms with E-state index in [1.165, 1.54) is 11.3 Å². The van der Waals surface area contributed by atoms with Gasteiger partial charge in [0.05, 0.1) is 12.5 Å². The van der Waals surface area contributed by atoms with E-state index < -0.39 is 30.3 Å². The molecule has 6 fully saturated rings. The molecule has 3 amide bonds. The zero-order valence-electron chi connectivity index (χ0n) is 31.1. The molecule has 1 saturated heterocycles. The number of aliphatic hydroxyl groups is 1. The monoisotopic (exact) mass is 675 g/mol. The van der Waals surface area contributed by atoms with Crippen molar-refractivity contribution in [1.82, 2.24) is 25.5 Å². The van der Waals surface area contributed by atoms with Crippen LogP contribution < -0.4 is 10.6 Å². The van der Waals surface area contributed by atoms with Crippen LogP contribution in [0, 0.1) is 52.8 Å². The molecule has 48 heavy (non-hydrogen) atoms. The maximum Gasteiger partial charge on any atom is 0.409 e. The summed E-state index contributed by atoms with van der Waals surface area (Å²) in [5.74, 6) is 2.44. The SMILES string of the molecule is CNC(=O)C1CC(C2CCCC(CN3O[C@@H](CO)[C@@H]([C@H](C)OC(=O)N(C)C)[C@H]3C(=O)N[C@H]3C[C@H]4C[C@@H]([C@@H]3C)C4(C)C)C2)CC(N(C)C)C1. The van der Waals surface area contributed by atoms with E-state index in [9.17, 15) is 19.5 Å². The van der Waals surface area contributed by atoms with Crippen molar-refractivity contribution in [3.63, 3.8) is 0 Å². The summed E-state index contributed by atoms with van der Waals surface area (Å²) in [6.45, 7) is 9.12. The van der Waals surface area contributed by atoms with E-state index in [4.69, 9.17) is 9.57 Å². The number of hydrogen-bond donors (Lipinski definition) is 3. The van der Waals surface area contributed by atoms with Crippen LogP contribution in [0.1, 0.15) is 85.5 Å². The van der Waals surface area contributed by atoms with Gasteiger partial charge in [-0.25, -0.2) is 4.79 Å². The second-order valence-corrected chi connectivity index (χ2v) is 17.2. The largest absolute Gasteiger partial charge is 0.446 e. The van der Waals surface area contributed by atoms with Crippen LogP contribution in [0.3, 0.4) is 0 Å². The highest BCUT2D eigenvalue weighted by Gasteiger charge is 2.58. The van der Waals surface area contributed by atoms with Crippen molar-refractivity contribution < 1.29 is 29.1 Å². The summed E-state index contributed by atoms with van der Waals surface area (Å²) >= 11 is 0. The molecule has 5 unspecified atom stereocenters. The van der Waals surface area contributed by atoms with Gasteiger partial charge in [0.15, 0.2) is 0 Å². The minimum Gasteiger partial charge on any atom is -0.446 e. The Morgan fingerprint density at radius 1 is 1.00 bits per heavy atom. The van der Waals surface area contributed by atoms with Crippen LogP contribution >= 0.6 is 0 Å². The quantitative estimate of drug-likeness (QED) is 0.320. The topological polar surface area (TPSA) is 124 Å². The fraction of sp³-hybridized carbons (Fsp3) is 0.919. The average molecular weight is 676 g/mol. The molecule has 0 spiro atoms. The second kappa shape index (κ2) is 15.1. The molecular formula is C37H65N5O6. The normalized spacial score (nSPS) is 40.1. The first-order chi connectivity index (χ1) is 22.7. The molecule has 1 aliphatic heterocycles. The Labute approximate surface area is 289 Å². The van der Waals surface area contributed by atoms with Gasteiger partial charge in [-0.3, -0.25) is 14.4 Å². The summed E-state index contributed by atoms with van der Waals surface area (Å²) in [7, 11) is 9.26. The van der Waals surface area contributed by atoms with Crippen molar-refractivity contribution in [3.05, 3.63) is 0 Å². The highest BCUT2D eigenvalue weighted by Crippen LogP contribution is 2.61. The second-order valence-electron chi connectivity index (χ2n) is 17.2. The lowest BCUT2D eigenvalue weighted by Gasteiger charge is -2.62. The van der Waals surface area contributed by atoms with Gasteiger partial charge in [-0.15, -0.1) is 0 Å². The summed E-state index contributed by atoms with van der Waals surface area (Å²) in [5.41, 5.74) is 0.311. The maximum atomic E-state index is 14.4. The molecular weight excluding hydrogens is 610 g/mol. The van der Waals surface area contributed by atoms with Crippen molar-refractivity contribution in [1.29, 1.82) is 0 Å². The van der Waals surface area contributed by atoms with Gasteiger partial charge in [-0.05, 0) is 107 Å². The third-order valence-corrected chi connectivity index (χ3v) is 13.7. The predicted molar refractivity (Wildman–Crippen MR) is 184 cm³/mol. The number of carbonyl (C=O) groups is 3. The predicted octanol–water partition coefficient (Wildman–Crippen LogP) is 3.75. The number of amides is 3. The van der Waals surface area contributed by atoms with Crippen LogP contribution in [0.5, 0.6) is 0 Å². The zero-order valence-corrected chi connectivity index (χ0v) is 31.1. The maximum absolute atomic E-state index is 14.4. The minimum absolute atomic E-state index is 0.0349. The van der Waals surface area contributed by atoms with Crippen molar-refractivity contribution >= 4 is 17.9 Å². The Hall–Kier alpha value is -1.95. The van der Waals surface area contributed by atoms with Gasteiger partial charge >= 0.3 is 6.09 Å². The summed E-state index contributed by atoms with van der Waals surface area (Å²) in [6.07, 6.45) is 7.69. The molecule has 274 valence electrons. The first-order valence-corrected chi connectivity index (χ1v) is 18.8. The van der Waals surface area contributed by atoms with Crippen molar-refractivity contribution in [3.8, 4) is 0 Å². The molecule has 5 aliphatic carbocycles. The van der Waals surface area contributed by atoms with Crippen molar-refractivity contribution in [2.45, 2.75) is 116 Å². The zero-order chi connectivity index (χ0) is 35.1. The summed E-state index contributed by atoms with van der Waals surface area (Å²) in [5, 5.41) is 18.7. The lowest BCUT2D eigenvalue weighted by molar-refractivity contribution is -0.185. The van der Waals surface area contributed by atoms with Crippen LogP contribution in [-0.4, -0.2) is 117 Å². The van der Waals surface area contributed by atoms with Crippen LogP contribution in [0.2, 0.25) is 0 Å². The molecule has 0 aromatic heterocycles. The number of hydrogen-bond acceptors (Lipinski definition) is 8. The van der Waals surface area contributed by atoms with Gasteiger partial charge in [0.25, 0.3) is 0 Å². The number of aliphatic hydroxyl groups excluding tert-OH is 1. The van der Waals surface area contributed by atoms with E-state index >= 15 is 0 Å². The van der Waals surface area contributed by atoms with E-state index in [1.54, 1.807) is 21.1 Å². The third kappa shape index (κ3) is 7.54. The van der Waals surface area contributed by atoms with Crippen LogP contribution in [0.25, 0.3) is 0 Å². The first-order valence-electron chi connectivity index (χ1n) is 18.8. The van der Waals surface area contributed by atoms with Crippen molar-refractivity contribution in [2.75, 3.05) is 48.4 Å². The van der Waals surface area contributed by atoms with Gasteiger partial charge in [-0.1, -0.05) is 33.6 Å². The number of carbonyl (C=O) groups excluding carboxylic acids is 3. The fourth-order valence-corrected chi connectivity index (χ4v) is 10.6. The van der Waals surface area contributed by atoms with Gasteiger partial charge in [0.2, 0.25) is 11.8 Å². The lowest BCUT2D eigenvalue weighted by Crippen LogP contribution is -2.62. The van der Waals surface area contributed by atoms with Crippen LogP contribution in [-0.2, 0) is 19.2 Å². The molecule has 13 atom stereocenters. The molecule has 6 aliphatic rings. The number of nitrogens with zero attached hydrogens (tertiary/aromatic N) is 3. The average Bonchev–Trinajstić information content (AvgIpc) is 3.43. The van der Waals surface area contributed by atoms with Gasteiger partial charge in [-0.2, -0.15) is 5.06 Å². The molecule has 5 saturated carbocycles. The fourth-order valence-electron chi connectivity index (χ4n) is 10.6. The standard InChI is InChI=1S/C37H65N5O6/c1-21-29-17-27(37(29,3)4)18-30(21)39-35(45)33-32(22(2)47-36(46)41(8)9)31(20-43)48-42(33)19-23-11-10-12-24(13-23)25-14-26(34(44)38-5)16-28(15-25)40(6)7/h21-33,43H,10-20H2,1-9H3,(H,38,44)(H,39,45)/t21-,22-,23?,24?,25?,26?,27+,28?,29-,30-,31-,32+,33-/m0/s1. The van der Waals surface area contributed by atoms with E-state index in [0.717, 1.165) is 51.4 Å². The molecule has 0 aromatic rings. The Morgan fingerprint density at radius 3 is 2.33 bits per heavy atom. The Kier molecular flexibility index (Phi) is 11.7. The Bertz CT molecular complexity index is 1150. The molecule has 1 heterocycles. The highest BCUT2D eigenvalue weighted by atomic mass is 16.7. The Morgan fingerprint density at radius 2 is 1.73 bits per heavy atom. The van der Waals surface area contributed by atoms with E-state index in [0.29, 0.717) is 53.5 Å². The third-order valence-electron chi connectivity index (χ3n) is 13.7. The number of fused-ring (bicyclic) bond motifs is 2. The number of nitrogens with one attached hydrogen (secondary N) is 2. The van der Waals surface area contributed by atoms with Crippen molar-refractivity contribution in [2.24, 2.45) is 52.8 Å². The van der Waals surface area contributed by atoms with Gasteiger partial charge in [0, 0.05) is 45.7 Å². The lowest BCUT2D eigenvalue weighted by atomic mass is 9.45. The van der Waals surface area contributed by atoms with Gasteiger partial charge in [0.1, 0.15) is 18.2 Å². The van der Waals surface area contributed by atoms with E-state index in [2.05, 4.69) is 50.4 Å². The van der Waals surface area contributed by atoms with Crippen LogP contribution in [0.15, 0.2) is 0 Å². The smallest absolute Gasteiger partial charge is 0.409 e. The van der Waals surface area contributed by atoms with Crippen LogP contribution in [0.4, 0.5) is 4.79 Å².